The van der Waals surface area contributed by atoms with Crippen molar-refractivity contribution in [2.24, 2.45) is 7.05 Å². The van der Waals surface area contributed by atoms with Gasteiger partial charge in [0.05, 0.1) is 0 Å². The van der Waals surface area contributed by atoms with E-state index in [9.17, 15) is 9.59 Å². The number of carbonyl (C=O) groups is 1. The predicted molar refractivity (Wildman–Crippen MR) is 87.5 cm³/mol. The van der Waals surface area contributed by atoms with Crippen LogP contribution in [0.15, 0.2) is 29.3 Å². The van der Waals surface area contributed by atoms with E-state index < -0.39 is 0 Å². The first kappa shape index (κ1) is 15.5. The molecule has 1 saturated heterocycles. The van der Waals surface area contributed by atoms with Gasteiger partial charge >= 0.3 is 0 Å². The molecule has 1 fully saturated rings. The van der Waals surface area contributed by atoms with Crippen LogP contribution in [0, 0.1) is 0 Å². The van der Waals surface area contributed by atoms with Gasteiger partial charge in [-0.1, -0.05) is 6.92 Å². The standard InChI is InChI=1S/C17H22N4O2/c1-3-14-9-13(10-15(22)19-14)17(23)21-7-4-5-12(11-21)16-18-6-8-20(16)2/h6,8-10,12H,3-5,7,11H2,1-2H3,(H,19,22)/t12-/m1/s1. The van der Waals surface area contributed by atoms with Crippen LogP contribution in [0.4, 0.5) is 0 Å². The van der Waals surface area contributed by atoms with Crippen molar-refractivity contribution >= 4 is 5.91 Å². The van der Waals surface area contributed by atoms with Gasteiger partial charge in [-0.15, -0.1) is 0 Å². The van der Waals surface area contributed by atoms with Crippen LogP contribution in [0.1, 0.15) is 47.6 Å². The lowest BCUT2D eigenvalue weighted by Crippen LogP contribution is -2.40. The van der Waals surface area contributed by atoms with Crippen LogP contribution in [0.3, 0.4) is 0 Å². The Labute approximate surface area is 135 Å². The summed E-state index contributed by atoms with van der Waals surface area (Å²) < 4.78 is 2.01. The number of hydrogen-bond donors (Lipinski definition) is 1. The summed E-state index contributed by atoms with van der Waals surface area (Å²) in [7, 11) is 1.98. The lowest BCUT2D eigenvalue weighted by Gasteiger charge is -2.32. The molecule has 1 amide bonds. The average molecular weight is 314 g/mol. The molecule has 3 heterocycles. The quantitative estimate of drug-likeness (QED) is 0.937. The highest BCUT2D eigenvalue weighted by atomic mass is 16.2. The molecule has 1 N–H and O–H groups in total. The molecule has 0 aromatic carbocycles. The number of carbonyl (C=O) groups excluding carboxylic acids is 1. The van der Waals surface area contributed by atoms with Crippen LogP contribution in [-0.4, -0.2) is 38.4 Å². The van der Waals surface area contributed by atoms with E-state index in [2.05, 4.69) is 9.97 Å². The van der Waals surface area contributed by atoms with Gasteiger partial charge in [0, 0.05) is 55.8 Å². The molecule has 0 radical (unpaired) electrons. The van der Waals surface area contributed by atoms with Gasteiger partial charge in [0.25, 0.3) is 5.91 Å². The molecule has 6 nitrogen and oxygen atoms in total. The normalized spacial score (nSPS) is 18.2. The van der Waals surface area contributed by atoms with Crippen LogP contribution in [0.2, 0.25) is 0 Å². The third kappa shape index (κ3) is 3.21. The van der Waals surface area contributed by atoms with Gasteiger partial charge in [-0.05, 0) is 25.3 Å². The molecule has 2 aromatic rings. The minimum absolute atomic E-state index is 0.0651. The van der Waals surface area contributed by atoms with Crippen molar-refractivity contribution in [2.75, 3.05) is 13.1 Å². The zero-order valence-electron chi connectivity index (χ0n) is 13.6. The van der Waals surface area contributed by atoms with E-state index in [1.165, 1.54) is 6.07 Å². The third-order valence-corrected chi connectivity index (χ3v) is 4.46. The Hall–Kier alpha value is -2.37. The van der Waals surface area contributed by atoms with E-state index in [1.54, 1.807) is 12.3 Å². The number of hydrogen-bond acceptors (Lipinski definition) is 3. The van der Waals surface area contributed by atoms with Crippen molar-refractivity contribution in [1.82, 2.24) is 19.4 Å². The molecule has 0 aliphatic carbocycles. The summed E-state index contributed by atoms with van der Waals surface area (Å²) in [5.41, 5.74) is 1.05. The van der Waals surface area contributed by atoms with Crippen molar-refractivity contribution in [3.63, 3.8) is 0 Å². The molecule has 3 rings (SSSR count). The minimum Gasteiger partial charge on any atom is -0.338 e. The van der Waals surface area contributed by atoms with E-state index in [0.717, 1.165) is 30.9 Å². The van der Waals surface area contributed by atoms with Crippen molar-refractivity contribution in [2.45, 2.75) is 32.1 Å². The fourth-order valence-electron chi connectivity index (χ4n) is 3.24. The highest BCUT2D eigenvalue weighted by molar-refractivity contribution is 5.94. The summed E-state index contributed by atoms with van der Waals surface area (Å²) >= 11 is 0. The van der Waals surface area contributed by atoms with Gasteiger partial charge in [-0.3, -0.25) is 9.59 Å². The Balaban J connectivity index is 1.81. The van der Waals surface area contributed by atoms with E-state index in [0.29, 0.717) is 18.5 Å². The van der Waals surface area contributed by atoms with Crippen LogP contribution >= 0.6 is 0 Å². The van der Waals surface area contributed by atoms with Crippen LogP contribution in [0.5, 0.6) is 0 Å². The molecule has 0 saturated carbocycles. The van der Waals surface area contributed by atoms with Gasteiger partial charge in [0.15, 0.2) is 0 Å². The lowest BCUT2D eigenvalue weighted by molar-refractivity contribution is 0.0703. The fourth-order valence-corrected chi connectivity index (χ4v) is 3.24. The number of imidazole rings is 1. The Morgan fingerprint density at radius 2 is 2.26 bits per heavy atom. The zero-order valence-corrected chi connectivity index (χ0v) is 13.6. The molecule has 2 aromatic heterocycles. The van der Waals surface area contributed by atoms with E-state index in [1.807, 2.05) is 29.6 Å². The molecular weight excluding hydrogens is 292 g/mol. The Morgan fingerprint density at radius 1 is 1.43 bits per heavy atom. The number of likely N-dealkylation sites (tertiary alicyclic amines) is 1. The summed E-state index contributed by atoms with van der Waals surface area (Å²) in [4.78, 5) is 33.5. The van der Waals surface area contributed by atoms with E-state index >= 15 is 0 Å². The number of aromatic nitrogens is 3. The number of piperidine rings is 1. The maximum atomic E-state index is 12.8. The lowest BCUT2D eigenvalue weighted by atomic mass is 9.96. The van der Waals surface area contributed by atoms with Crippen molar-refractivity contribution in [3.05, 3.63) is 52.0 Å². The number of nitrogens with zero attached hydrogens (tertiary/aromatic N) is 3. The number of aryl methyl sites for hydroxylation is 2. The molecule has 1 atom stereocenters. The predicted octanol–water partition coefficient (Wildman–Crippen LogP) is 1.69. The number of H-pyrrole nitrogens is 1. The maximum Gasteiger partial charge on any atom is 0.254 e. The topological polar surface area (TPSA) is 71.0 Å². The molecular formula is C17H22N4O2. The number of pyridine rings is 1. The second-order valence-corrected chi connectivity index (χ2v) is 6.10. The van der Waals surface area contributed by atoms with E-state index in [4.69, 9.17) is 0 Å². The van der Waals surface area contributed by atoms with Crippen molar-refractivity contribution in [3.8, 4) is 0 Å². The van der Waals surface area contributed by atoms with Gasteiger partial charge < -0.3 is 14.5 Å². The smallest absolute Gasteiger partial charge is 0.254 e. The Bertz CT molecular complexity index is 762. The first-order valence-electron chi connectivity index (χ1n) is 8.08. The molecule has 6 heteroatoms. The summed E-state index contributed by atoms with van der Waals surface area (Å²) in [5.74, 6) is 1.20. The minimum atomic E-state index is -0.217. The van der Waals surface area contributed by atoms with Gasteiger partial charge in [-0.25, -0.2) is 4.98 Å². The molecule has 0 unspecified atom stereocenters. The highest BCUT2D eigenvalue weighted by Crippen LogP contribution is 2.26. The van der Waals surface area contributed by atoms with E-state index in [-0.39, 0.29) is 17.4 Å². The van der Waals surface area contributed by atoms with Crippen molar-refractivity contribution < 1.29 is 4.79 Å². The average Bonchev–Trinajstić information content (AvgIpc) is 2.99. The first-order chi connectivity index (χ1) is 11.1. The molecule has 23 heavy (non-hydrogen) atoms. The number of rotatable bonds is 3. The van der Waals surface area contributed by atoms with Crippen molar-refractivity contribution in [1.29, 1.82) is 0 Å². The second-order valence-electron chi connectivity index (χ2n) is 6.10. The highest BCUT2D eigenvalue weighted by Gasteiger charge is 2.27. The van der Waals surface area contributed by atoms with Gasteiger partial charge in [-0.2, -0.15) is 0 Å². The molecule has 1 aliphatic heterocycles. The number of amides is 1. The zero-order chi connectivity index (χ0) is 16.4. The SMILES string of the molecule is CCc1cc(C(=O)N2CCC[C@@H](c3nccn3C)C2)cc(=O)[nH]1. The van der Waals surface area contributed by atoms with Gasteiger partial charge in [0.1, 0.15) is 5.82 Å². The van der Waals surface area contributed by atoms with Gasteiger partial charge in [0.2, 0.25) is 5.56 Å². The number of aromatic amines is 1. The second kappa shape index (κ2) is 6.40. The summed E-state index contributed by atoms with van der Waals surface area (Å²) in [6.45, 7) is 3.34. The largest absolute Gasteiger partial charge is 0.338 e. The molecule has 0 spiro atoms. The maximum absolute atomic E-state index is 12.8. The van der Waals surface area contributed by atoms with Crippen LogP contribution < -0.4 is 5.56 Å². The third-order valence-electron chi connectivity index (χ3n) is 4.46. The monoisotopic (exact) mass is 314 g/mol. The van der Waals surface area contributed by atoms with Crippen LogP contribution in [0.25, 0.3) is 0 Å². The molecule has 0 bridgehead atoms. The fraction of sp³-hybridized carbons (Fsp3) is 0.471. The Kier molecular flexibility index (Phi) is 4.32. The summed E-state index contributed by atoms with van der Waals surface area (Å²) in [6, 6.07) is 3.18. The number of nitrogens with one attached hydrogen (secondary N) is 1. The molecule has 122 valence electrons. The van der Waals surface area contributed by atoms with Crippen LogP contribution in [-0.2, 0) is 13.5 Å². The summed E-state index contributed by atoms with van der Waals surface area (Å²) in [6.07, 6.45) is 6.41. The Morgan fingerprint density at radius 3 is 2.96 bits per heavy atom. The first-order valence-corrected chi connectivity index (χ1v) is 8.08. The molecule has 1 aliphatic rings. The summed E-state index contributed by atoms with van der Waals surface area (Å²) in [5, 5.41) is 0.